The number of allylic oxidation sites excluding steroid dienone is 2. The smallest absolute Gasteiger partial charge is 0.311 e. The molecule has 0 N–H and O–H groups in total. The van der Waals surface area contributed by atoms with Gasteiger partial charge in [-0.15, -0.1) is 0 Å². The summed E-state index contributed by atoms with van der Waals surface area (Å²) < 4.78 is 10.6. The summed E-state index contributed by atoms with van der Waals surface area (Å²) in [6.45, 7) is 2.06. The molecule has 0 atom stereocenters. The number of esters is 1. The largest absolute Gasteiger partial charge is 0.497 e. The highest BCUT2D eigenvalue weighted by Gasteiger charge is 2.12. The summed E-state index contributed by atoms with van der Waals surface area (Å²) in [4.78, 5) is 11.7. The summed E-state index contributed by atoms with van der Waals surface area (Å²) in [7, 11) is 1.64. The van der Waals surface area contributed by atoms with Crippen LogP contribution in [0, 0.1) is 0 Å². The fraction of sp³-hybridized carbons (Fsp3) is 0.400. The summed E-state index contributed by atoms with van der Waals surface area (Å²) >= 11 is 0. The van der Waals surface area contributed by atoms with Crippen molar-refractivity contribution < 1.29 is 14.3 Å². The van der Waals surface area contributed by atoms with Gasteiger partial charge < -0.3 is 9.47 Å². The highest BCUT2D eigenvalue weighted by Crippen LogP contribution is 2.27. The Hall–Kier alpha value is -1.77. The van der Waals surface area contributed by atoms with Crippen LogP contribution in [0.5, 0.6) is 11.5 Å². The van der Waals surface area contributed by atoms with Gasteiger partial charge in [-0.25, -0.2) is 0 Å². The molecule has 0 bridgehead atoms. The van der Waals surface area contributed by atoms with E-state index in [0.29, 0.717) is 12.2 Å². The minimum atomic E-state index is -0.170. The average Bonchev–Trinajstić information content (AvgIpc) is 2.37. The number of carbonyl (C=O) groups is 1. The number of hydrogen-bond donors (Lipinski definition) is 0. The van der Waals surface area contributed by atoms with Crippen molar-refractivity contribution in [2.45, 2.75) is 32.6 Å². The van der Waals surface area contributed by atoms with Crippen LogP contribution in [-0.4, -0.2) is 13.1 Å². The van der Waals surface area contributed by atoms with Gasteiger partial charge in [0.1, 0.15) is 11.5 Å². The molecular weight excluding hydrogens is 228 g/mol. The maximum atomic E-state index is 11.7. The lowest BCUT2D eigenvalue weighted by atomic mass is 10.0. The van der Waals surface area contributed by atoms with Crippen LogP contribution in [0.1, 0.15) is 31.7 Å². The molecule has 0 radical (unpaired) electrons. The third-order valence-corrected chi connectivity index (χ3v) is 3.12. The zero-order valence-electron chi connectivity index (χ0n) is 10.9. The number of rotatable bonds is 1. The van der Waals surface area contributed by atoms with Gasteiger partial charge in [0.15, 0.2) is 0 Å². The Kier molecular flexibility index (Phi) is 4.03. The molecule has 2 rings (SSSR count). The lowest BCUT2D eigenvalue weighted by Crippen LogP contribution is -2.10. The Bertz CT molecular complexity index is 475. The second kappa shape index (κ2) is 5.71. The monoisotopic (exact) mass is 246 g/mol. The molecule has 1 aliphatic heterocycles. The van der Waals surface area contributed by atoms with Crippen molar-refractivity contribution in [1.29, 1.82) is 0 Å². The Labute approximate surface area is 107 Å². The van der Waals surface area contributed by atoms with E-state index in [1.54, 1.807) is 7.11 Å². The van der Waals surface area contributed by atoms with E-state index in [0.717, 1.165) is 30.6 Å². The molecule has 0 amide bonds. The molecule has 1 aromatic rings. The van der Waals surface area contributed by atoms with E-state index in [2.05, 4.69) is 13.0 Å². The average molecular weight is 246 g/mol. The highest BCUT2D eigenvalue weighted by molar-refractivity contribution is 5.73. The Balaban J connectivity index is 2.30. The summed E-state index contributed by atoms with van der Waals surface area (Å²) in [6.07, 6.45) is 5.24. The first kappa shape index (κ1) is 12.7. The topological polar surface area (TPSA) is 35.5 Å². The Morgan fingerprint density at radius 1 is 1.22 bits per heavy atom. The quantitative estimate of drug-likeness (QED) is 0.433. The van der Waals surface area contributed by atoms with Crippen molar-refractivity contribution in [2.75, 3.05) is 7.11 Å². The molecule has 0 fully saturated rings. The molecule has 96 valence electrons. The summed E-state index contributed by atoms with van der Waals surface area (Å²) in [6, 6.07) is 5.57. The fourth-order valence-corrected chi connectivity index (χ4v) is 2.03. The van der Waals surface area contributed by atoms with Crippen molar-refractivity contribution in [3.63, 3.8) is 0 Å². The molecule has 1 heterocycles. The van der Waals surface area contributed by atoms with Crippen LogP contribution in [0.25, 0.3) is 0 Å². The normalized spacial score (nSPS) is 19.2. The molecule has 0 spiro atoms. The molecule has 1 aromatic carbocycles. The second-order valence-electron chi connectivity index (χ2n) is 4.54. The third-order valence-electron chi connectivity index (χ3n) is 3.12. The molecule has 0 unspecified atom stereocenters. The number of carbonyl (C=O) groups excluding carboxylic acids is 1. The number of ether oxygens (including phenoxy) is 2. The molecule has 3 nitrogen and oxygen atoms in total. The zero-order valence-corrected chi connectivity index (χ0v) is 10.9. The van der Waals surface area contributed by atoms with E-state index in [9.17, 15) is 4.79 Å². The molecule has 18 heavy (non-hydrogen) atoms. The van der Waals surface area contributed by atoms with Gasteiger partial charge in [0.25, 0.3) is 0 Å². The molecule has 0 saturated heterocycles. The first-order valence-corrected chi connectivity index (χ1v) is 6.22. The first-order valence-electron chi connectivity index (χ1n) is 6.22. The molecule has 0 saturated carbocycles. The van der Waals surface area contributed by atoms with Crippen LogP contribution in [0.2, 0.25) is 0 Å². The number of hydrogen-bond acceptors (Lipinski definition) is 3. The molecule has 0 aliphatic carbocycles. The summed E-state index contributed by atoms with van der Waals surface area (Å²) in [5.41, 5.74) is 2.27. The van der Waals surface area contributed by atoms with Gasteiger partial charge in [-0.3, -0.25) is 4.79 Å². The Morgan fingerprint density at radius 3 is 2.83 bits per heavy atom. The van der Waals surface area contributed by atoms with E-state index >= 15 is 0 Å². The molecule has 1 aliphatic rings. The van der Waals surface area contributed by atoms with Crippen molar-refractivity contribution in [3.05, 3.63) is 35.4 Å². The van der Waals surface area contributed by atoms with E-state index in [1.165, 1.54) is 5.57 Å². The van der Waals surface area contributed by atoms with Gasteiger partial charge in [0, 0.05) is 6.42 Å². The van der Waals surface area contributed by atoms with E-state index in [1.807, 2.05) is 18.2 Å². The van der Waals surface area contributed by atoms with E-state index in [-0.39, 0.29) is 5.97 Å². The van der Waals surface area contributed by atoms with Gasteiger partial charge >= 0.3 is 5.97 Å². The fourth-order valence-electron chi connectivity index (χ4n) is 2.03. The van der Waals surface area contributed by atoms with Crippen LogP contribution in [0.4, 0.5) is 0 Å². The minimum Gasteiger partial charge on any atom is -0.497 e. The first-order chi connectivity index (χ1) is 8.69. The lowest BCUT2D eigenvalue weighted by molar-refractivity contribution is -0.134. The predicted molar refractivity (Wildman–Crippen MR) is 69.9 cm³/mol. The standard InChI is InChI=1S/C15H18O3/c1-11-4-3-5-12-10-13(17-2)7-8-14(12)18-15(16)9-6-11/h4,7-8,10H,3,5-6,9H2,1-2H3/b11-4-. The van der Waals surface area contributed by atoms with Crippen molar-refractivity contribution in [1.82, 2.24) is 0 Å². The lowest BCUT2D eigenvalue weighted by Gasteiger charge is -2.13. The number of methoxy groups -OCH3 is 1. The summed E-state index contributed by atoms with van der Waals surface area (Å²) in [5.74, 6) is 1.28. The highest BCUT2D eigenvalue weighted by atomic mass is 16.5. The number of benzene rings is 1. The minimum absolute atomic E-state index is 0.170. The molecule has 3 heteroatoms. The van der Waals surface area contributed by atoms with E-state index < -0.39 is 0 Å². The third kappa shape index (κ3) is 3.13. The SMILES string of the molecule is COc1ccc2c(c1)CC/C=C(/C)CCC(=O)O2. The van der Waals surface area contributed by atoms with Crippen LogP contribution < -0.4 is 9.47 Å². The number of aryl methyl sites for hydroxylation is 1. The summed E-state index contributed by atoms with van der Waals surface area (Å²) in [5, 5.41) is 0. The Morgan fingerprint density at radius 2 is 2.06 bits per heavy atom. The van der Waals surface area contributed by atoms with Crippen molar-refractivity contribution in [3.8, 4) is 11.5 Å². The van der Waals surface area contributed by atoms with E-state index in [4.69, 9.17) is 9.47 Å². The van der Waals surface area contributed by atoms with Gasteiger partial charge in [-0.2, -0.15) is 0 Å². The maximum Gasteiger partial charge on any atom is 0.311 e. The van der Waals surface area contributed by atoms with Gasteiger partial charge in [0.2, 0.25) is 0 Å². The maximum absolute atomic E-state index is 11.7. The van der Waals surface area contributed by atoms with Crippen molar-refractivity contribution in [2.24, 2.45) is 0 Å². The van der Waals surface area contributed by atoms with Gasteiger partial charge in [0.05, 0.1) is 7.11 Å². The number of fused-ring (bicyclic) bond motifs is 1. The van der Waals surface area contributed by atoms with Crippen LogP contribution in [-0.2, 0) is 11.2 Å². The van der Waals surface area contributed by atoms with Crippen LogP contribution >= 0.6 is 0 Å². The zero-order chi connectivity index (χ0) is 13.0. The predicted octanol–water partition coefficient (Wildman–Crippen LogP) is 3.27. The molecule has 0 aromatic heterocycles. The van der Waals surface area contributed by atoms with Crippen LogP contribution in [0.3, 0.4) is 0 Å². The van der Waals surface area contributed by atoms with Crippen molar-refractivity contribution >= 4 is 5.97 Å². The van der Waals surface area contributed by atoms with Gasteiger partial charge in [-0.1, -0.05) is 11.6 Å². The second-order valence-corrected chi connectivity index (χ2v) is 4.54. The van der Waals surface area contributed by atoms with Crippen LogP contribution in [0.15, 0.2) is 29.8 Å². The van der Waals surface area contributed by atoms with Gasteiger partial charge in [-0.05, 0) is 49.9 Å². The molecular formula is C15H18O3.